The van der Waals surface area contributed by atoms with Gasteiger partial charge in [-0.3, -0.25) is 4.79 Å². The van der Waals surface area contributed by atoms with Gasteiger partial charge in [0.25, 0.3) is 5.91 Å². The minimum Gasteiger partial charge on any atom is -0.390 e. The summed E-state index contributed by atoms with van der Waals surface area (Å²) in [6.45, 7) is 1.95. The predicted molar refractivity (Wildman–Crippen MR) is 144 cm³/mol. The van der Waals surface area contributed by atoms with Crippen molar-refractivity contribution in [3.63, 3.8) is 0 Å². The summed E-state index contributed by atoms with van der Waals surface area (Å²) in [6, 6.07) is 10.0. The number of hydrogen-bond donors (Lipinski definition) is 3. The van der Waals surface area contributed by atoms with Gasteiger partial charge < -0.3 is 20.6 Å². The number of halogens is 2. The van der Waals surface area contributed by atoms with Gasteiger partial charge >= 0.3 is 0 Å². The van der Waals surface area contributed by atoms with E-state index in [9.17, 15) is 18.7 Å². The van der Waals surface area contributed by atoms with Crippen LogP contribution in [0.4, 0.5) is 14.6 Å². The van der Waals surface area contributed by atoms with Gasteiger partial charge in [0, 0.05) is 36.8 Å². The van der Waals surface area contributed by atoms with Crippen LogP contribution in [0.1, 0.15) is 52.9 Å². The Kier molecular flexibility index (Phi) is 7.87. The minimum absolute atomic E-state index is 0.0160. The van der Waals surface area contributed by atoms with Gasteiger partial charge in [0.1, 0.15) is 23.1 Å². The van der Waals surface area contributed by atoms with Gasteiger partial charge in [0.05, 0.1) is 24.5 Å². The molecule has 3 aromatic rings. The Morgan fingerprint density at radius 2 is 1.85 bits per heavy atom. The Morgan fingerprint density at radius 1 is 1.10 bits per heavy atom. The van der Waals surface area contributed by atoms with Crippen molar-refractivity contribution in [3.05, 3.63) is 88.9 Å². The summed E-state index contributed by atoms with van der Waals surface area (Å²) in [4.78, 5) is 23.9. The number of anilines is 1. The van der Waals surface area contributed by atoms with E-state index in [-0.39, 0.29) is 24.2 Å². The Morgan fingerprint density at radius 3 is 2.49 bits per heavy atom. The number of hydrogen-bond acceptors (Lipinski definition) is 6. The van der Waals surface area contributed by atoms with Gasteiger partial charge in [0.15, 0.2) is 0 Å². The first-order chi connectivity index (χ1) is 18.8. The molecule has 0 unspecified atom stereocenters. The van der Waals surface area contributed by atoms with Crippen molar-refractivity contribution in [1.82, 2.24) is 20.6 Å². The number of carbonyl (C=O) groups is 1. The Labute approximate surface area is 226 Å². The van der Waals surface area contributed by atoms with E-state index in [0.717, 1.165) is 56.0 Å². The molecular weight excluding hydrogens is 500 g/mol. The third-order valence-corrected chi connectivity index (χ3v) is 7.44. The molecule has 2 aliphatic rings. The molecule has 1 amide bonds. The monoisotopic (exact) mass is 531 g/mol. The number of amides is 1. The highest BCUT2D eigenvalue weighted by atomic mass is 19.1. The van der Waals surface area contributed by atoms with Crippen LogP contribution in [0.3, 0.4) is 0 Å². The van der Waals surface area contributed by atoms with Gasteiger partial charge in [0.2, 0.25) is 0 Å². The predicted octanol–water partition coefficient (Wildman–Crippen LogP) is 3.32. The summed E-state index contributed by atoms with van der Waals surface area (Å²) >= 11 is 0. The van der Waals surface area contributed by atoms with Crippen molar-refractivity contribution < 1.29 is 18.7 Å². The van der Waals surface area contributed by atoms with Crippen molar-refractivity contribution in [2.24, 2.45) is 0 Å². The maximum Gasteiger partial charge on any atom is 0.271 e. The highest BCUT2D eigenvalue weighted by molar-refractivity contribution is 5.92. The number of aromatic nitrogens is 2. The number of aliphatic hydroxyl groups is 1. The molecule has 0 radical (unpaired) electrons. The highest BCUT2D eigenvalue weighted by Crippen LogP contribution is 2.45. The fourth-order valence-corrected chi connectivity index (χ4v) is 5.10. The van der Waals surface area contributed by atoms with E-state index in [1.165, 1.54) is 18.3 Å². The summed E-state index contributed by atoms with van der Waals surface area (Å²) in [5.74, 6) is 1.38. The van der Waals surface area contributed by atoms with Crippen LogP contribution in [0, 0.1) is 24.0 Å². The fraction of sp³-hybridized carbons (Fsp3) is 0.367. The second kappa shape index (κ2) is 11.5. The van der Waals surface area contributed by atoms with E-state index in [1.807, 2.05) is 24.3 Å². The maximum atomic E-state index is 13.9. The average Bonchev–Trinajstić information content (AvgIpc) is 3.53. The molecule has 1 saturated heterocycles. The standard InChI is InChI=1S/C30H31F2N5O2/c1-2-20-6-5-7-22(12-20)30(8-9-30)35-18-27(38)25(15-21-13-23(31)16-24(32)14-21)36-29(39)26-17-34-28(19-33-26)37-10-3-4-11-37/h1,5-7,12-14,16-17,19,25,27,35,38H,3-4,8-11,15,18H2,(H,36,39)/t25-,27+/m0/s1. The first kappa shape index (κ1) is 26.7. The van der Waals surface area contributed by atoms with Gasteiger partial charge in [-0.1, -0.05) is 18.1 Å². The smallest absolute Gasteiger partial charge is 0.271 e. The van der Waals surface area contributed by atoms with Gasteiger partial charge in [-0.2, -0.15) is 0 Å². The van der Waals surface area contributed by atoms with Crippen LogP contribution in [0.5, 0.6) is 0 Å². The molecule has 3 N–H and O–H groups in total. The maximum absolute atomic E-state index is 13.9. The molecule has 2 aromatic carbocycles. The first-order valence-electron chi connectivity index (χ1n) is 13.2. The summed E-state index contributed by atoms with van der Waals surface area (Å²) < 4.78 is 27.8. The third kappa shape index (κ3) is 6.41. The number of aliphatic hydroxyl groups excluding tert-OH is 1. The van der Waals surface area contributed by atoms with E-state index < -0.39 is 29.7 Å². The zero-order valence-corrected chi connectivity index (χ0v) is 21.5. The van der Waals surface area contributed by atoms with Crippen LogP contribution in [-0.4, -0.2) is 52.8 Å². The molecule has 7 nitrogen and oxygen atoms in total. The van der Waals surface area contributed by atoms with Crippen molar-refractivity contribution in [2.75, 3.05) is 24.5 Å². The summed E-state index contributed by atoms with van der Waals surface area (Å²) in [5.41, 5.74) is 1.90. The van der Waals surface area contributed by atoms with E-state index in [4.69, 9.17) is 6.42 Å². The highest BCUT2D eigenvalue weighted by Gasteiger charge is 2.44. The number of rotatable bonds is 10. The molecule has 5 rings (SSSR count). The molecule has 202 valence electrons. The number of nitrogens with zero attached hydrogens (tertiary/aromatic N) is 3. The first-order valence-corrected chi connectivity index (χ1v) is 13.2. The SMILES string of the molecule is C#Cc1cccc(C2(NC[C@@H](O)[C@H](Cc3cc(F)cc(F)c3)NC(=O)c3cnc(N4CCCC4)cn3)CC2)c1. The molecule has 2 atom stereocenters. The molecule has 0 bridgehead atoms. The fourth-order valence-electron chi connectivity index (χ4n) is 5.10. The van der Waals surface area contributed by atoms with Gasteiger partial charge in [-0.05, 0) is 67.5 Å². The molecule has 2 heterocycles. The number of nitrogens with one attached hydrogen (secondary N) is 2. The molecular formula is C30H31F2N5O2. The number of terminal acetylenes is 1. The largest absolute Gasteiger partial charge is 0.390 e. The summed E-state index contributed by atoms with van der Waals surface area (Å²) in [7, 11) is 0. The zero-order chi connectivity index (χ0) is 27.4. The normalized spacial score (nSPS) is 17.3. The lowest BCUT2D eigenvalue weighted by Crippen LogP contribution is -2.50. The molecule has 9 heteroatoms. The molecule has 2 fully saturated rings. The molecule has 1 saturated carbocycles. The van der Waals surface area contributed by atoms with Gasteiger partial charge in [-0.15, -0.1) is 6.42 Å². The van der Waals surface area contributed by atoms with Crippen LogP contribution in [0.15, 0.2) is 54.9 Å². The molecule has 0 spiro atoms. The van der Waals surface area contributed by atoms with Crippen LogP contribution in [-0.2, 0) is 12.0 Å². The van der Waals surface area contributed by atoms with Crippen LogP contribution in [0.2, 0.25) is 0 Å². The second-order valence-corrected chi connectivity index (χ2v) is 10.3. The second-order valence-electron chi connectivity index (χ2n) is 10.3. The van der Waals surface area contributed by atoms with Crippen LogP contribution >= 0.6 is 0 Å². The number of carbonyl (C=O) groups excluding carboxylic acids is 1. The lowest BCUT2D eigenvalue weighted by Gasteiger charge is -2.27. The topological polar surface area (TPSA) is 90.4 Å². The van der Waals surface area contributed by atoms with Crippen molar-refractivity contribution >= 4 is 11.7 Å². The van der Waals surface area contributed by atoms with E-state index in [0.29, 0.717) is 11.4 Å². The quantitative estimate of drug-likeness (QED) is 0.348. The van der Waals surface area contributed by atoms with Crippen LogP contribution < -0.4 is 15.5 Å². The lowest BCUT2D eigenvalue weighted by atomic mass is 9.98. The minimum atomic E-state index is -1.06. The Balaban J connectivity index is 1.30. The summed E-state index contributed by atoms with van der Waals surface area (Å²) in [5, 5.41) is 17.4. The van der Waals surface area contributed by atoms with Gasteiger partial charge in [-0.25, -0.2) is 18.7 Å². The molecule has 1 aliphatic heterocycles. The lowest BCUT2D eigenvalue weighted by molar-refractivity contribution is 0.0817. The molecule has 1 aromatic heterocycles. The molecule has 39 heavy (non-hydrogen) atoms. The van der Waals surface area contributed by atoms with E-state index in [1.54, 1.807) is 6.20 Å². The zero-order valence-electron chi connectivity index (χ0n) is 21.5. The Bertz CT molecular complexity index is 1340. The van der Waals surface area contributed by atoms with Crippen molar-refractivity contribution in [1.29, 1.82) is 0 Å². The van der Waals surface area contributed by atoms with Crippen molar-refractivity contribution in [3.8, 4) is 12.3 Å². The summed E-state index contributed by atoms with van der Waals surface area (Å²) in [6.07, 6.45) is 11.4. The molecule has 1 aliphatic carbocycles. The Hall–Kier alpha value is -3.87. The van der Waals surface area contributed by atoms with Crippen LogP contribution in [0.25, 0.3) is 0 Å². The average molecular weight is 532 g/mol. The number of benzene rings is 2. The van der Waals surface area contributed by atoms with E-state index in [2.05, 4.69) is 31.4 Å². The van der Waals surface area contributed by atoms with Crippen molar-refractivity contribution in [2.45, 2.75) is 49.8 Å². The van der Waals surface area contributed by atoms with E-state index >= 15 is 0 Å². The third-order valence-electron chi connectivity index (χ3n) is 7.44.